The van der Waals surface area contributed by atoms with Gasteiger partial charge in [-0.15, -0.1) is 0 Å². The highest BCUT2D eigenvalue weighted by Crippen LogP contribution is 2.43. The van der Waals surface area contributed by atoms with Crippen molar-refractivity contribution in [2.75, 3.05) is 13.6 Å². The first-order valence-electron chi connectivity index (χ1n) is 6.74. The molecule has 1 aromatic rings. The van der Waals surface area contributed by atoms with Crippen LogP contribution in [-0.2, 0) is 16.6 Å². The van der Waals surface area contributed by atoms with Gasteiger partial charge in [-0.05, 0) is 43.9 Å². The van der Waals surface area contributed by atoms with Crippen LogP contribution in [0.25, 0.3) is 0 Å². The van der Waals surface area contributed by atoms with Crippen molar-refractivity contribution in [1.82, 2.24) is 10.0 Å². The van der Waals surface area contributed by atoms with Gasteiger partial charge in [0.25, 0.3) is 10.0 Å². The molecular weight excluding hydrogens is 264 g/mol. The van der Waals surface area contributed by atoms with Gasteiger partial charge in [-0.2, -0.15) is 0 Å². The summed E-state index contributed by atoms with van der Waals surface area (Å²) in [6.45, 7) is 3.77. The average Bonchev–Trinajstić information content (AvgIpc) is 2.82. The first kappa shape index (κ1) is 14.6. The molecule has 0 spiro atoms. The molecule has 0 aliphatic heterocycles. The summed E-state index contributed by atoms with van der Waals surface area (Å²) < 4.78 is 30.6. The highest BCUT2D eigenvalue weighted by Gasteiger charge is 2.34. The second-order valence-corrected chi connectivity index (χ2v) is 7.06. The van der Waals surface area contributed by atoms with Crippen LogP contribution >= 0.6 is 0 Å². The van der Waals surface area contributed by atoms with Gasteiger partial charge in [0.05, 0.1) is 6.54 Å². The van der Waals surface area contributed by atoms with Crippen LogP contribution in [0.5, 0.6) is 0 Å². The molecule has 1 aromatic heterocycles. The molecule has 2 N–H and O–H groups in total. The van der Waals surface area contributed by atoms with Crippen LogP contribution in [0.2, 0.25) is 0 Å². The third kappa shape index (κ3) is 3.19. The summed E-state index contributed by atoms with van der Waals surface area (Å²) in [4.78, 5) is 0. The smallest absolute Gasteiger partial charge is 0.273 e. The summed E-state index contributed by atoms with van der Waals surface area (Å²) in [5.74, 6) is 0.652. The number of furan rings is 1. The van der Waals surface area contributed by atoms with Crippen LogP contribution in [0, 0.1) is 5.41 Å². The van der Waals surface area contributed by atoms with Crippen LogP contribution in [0.1, 0.15) is 38.4 Å². The molecule has 0 aromatic carbocycles. The van der Waals surface area contributed by atoms with Crippen molar-refractivity contribution in [3.8, 4) is 0 Å². The quantitative estimate of drug-likeness (QED) is 0.802. The van der Waals surface area contributed by atoms with Crippen molar-refractivity contribution in [3.05, 3.63) is 17.9 Å². The third-order valence-electron chi connectivity index (χ3n) is 4.13. The lowest BCUT2D eigenvalue weighted by molar-refractivity contribution is 0.122. The molecule has 19 heavy (non-hydrogen) atoms. The van der Waals surface area contributed by atoms with Crippen molar-refractivity contribution in [3.63, 3.8) is 0 Å². The minimum atomic E-state index is -3.47. The Kier molecular flexibility index (Phi) is 4.32. The molecule has 0 atom stereocenters. The van der Waals surface area contributed by atoms with Crippen molar-refractivity contribution < 1.29 is 12.8 Å². The zero-order valence-corrected chi connectivity index (χ0v) is 12.3. The number of hydrogen-bond acceptors (Lipinski definition) is 4. The lowest BCUT2D eigenvalue weighted by Gasteiger charge is -2.41. The first-order chi connectivity index (χ1) is 9.01. The maximum atomic E-state index is 11.5. The monoisotopic (exact) mass is 286 g/mol. The maximum absolute atomic E-state index is 11.5. The molecule has 0 saturated heterocycles. The number of rotatable bonds is 7. The molecule has 0 amide bonds. The summed E-state index contributed by atoms with van der Waals surface area (Å²) in [5, 5.41) is 3.34. The summed E-state index contributed by atoms with van der Waals surface area (Å²) in [7, 11) is -2.10. The van der Waals surface area contributed by atoms with Gasteiger partial charge in [0.2, 0.25) is 5.09 Å². The number of sulfonamides is 1. The molecule has 1 aliphatic carbocycles. The van der Waals surface area contributed by atoms with E-state index in [1.807, 2.05) is 0 Å². The Bertz CT molecular complexity index is 512. The Morgan fingerprint density at radius 2 is 2.11 bits per heavy atom. The van der Waals surface area contributed by atoms with Gasteiger partial charge in [-0.3, -0.25) is 0 Å². The molecule has 0 bridgehead atoms. The van der Waals surface area contributed by atoms with Crippen LogP contribution in [0.15, 0.2) is 21.6 Å². The van der Waals surface area contributed by atoms with E-state index in [0.717, 1.165) is 6.54 Å². The van der Waals surface area contributed by atoms with Gasteiger partial charge < -0.3 is 9.73 Å². The van der Waals surface area contributed by atoms with E-state index in [1.54, 1.807) is 6.07 Å². The lowest BCUT2D eigenvalue weighted by atomic mass is 9.67. The van der Waals surface area contributed by atoms with Crippen molar-refractivity contribution in [2.24, 2.45) is 5.41 Å². The summed E-state index contributed by atoms with van der Waals surface area (Å²) in [6.07, 6.45) is 5.08. The molecule has 108 valence electrons. The van der Waals surface area contributed by atoms with E-state index >= 15 is 0 Å². The molecule has 0 unspecified atom stereocenters. The van der Waals surface area contributed by atoms with Crippen molar-refractivity contribution >= 4 is 10.0 Å². The standard InChI is InChI=1S/C13H22N2O3S/c1-3-13(7-4-8-13)10-15-9-11-5-6-12(18-11)19(16,17)14-2/h5-6,14-15H,3-4,7-10H2,1-2H3. The Morgan fingerprint density at radius 3 is 2.63 bits per heavy atom. The van der Waals surface area contributed by atoms with E-state index in [4.69, 9.17) is 4.42 Å². The minimum Gasteiger partial charge on any atom is -0.447 e. The fourth-order valence-corrected chi connectivity index (χ4v) is 3.15. The highest BCUT2D eigenvalue weighted by molar-refractivity contribution is 7.89. The summed E-state index contributed by atoms with van der Waals surface area (Å²) >= 11 is 0. The van der Waals surface area contributed by atoms with Crippen LogP contribution in [0.4, 0.5) is 0 Å². The van der Waals surface area contributed by atoms with E-state index in [9.17, 15) is 8.42 Å². The van der Waals surface area contributed by atoms with Gasteiger partial charge in [0, 0.05) is 6.54 Å². The first-order valence-corrected chi connectivity index (χ1v) is 8.23. The summed E-state index contributed by atoms with van der Waals surface area (Å²) in [6, 6.07) is 3.19. The highest BCUT2D eigenvalue weighted by atomic mass is 32.2. The Morgan fingerprint density at radius 1 is 1.37 bits per heavy atom. The molecule has 5 nitrogen and oxygen atoms in total. The van der Waals surface area contributed by atoms with Gasteiger partial charge in [-0.25, -0.2) is 13.1 Å². The maximum Gasteiger partial charge on any atom is 0.273 e. The lowest BCUT2D eigenvalue weighted by Crippen LogP contribution is -2.39. The van der Waals surface area contributed by atoms with Crippen LogP contribution < -0.4 is 10.0 Å². The zero-order valence-electron chi connectivity index (χ0n) is 11.5. The van der Waals surface area contributed by atoms with E-state index in [2.05, 4.69) is 17.0 Å². The van der Waals surface area contributed by atoms with E-state index in [0.29, 0.717) is 17.7 Å². The van der Waals surface area contributed by atoms with Crippen LogP contribution in [0.3, 0.4) is 0 Å². The molecule has 1 heterocycles. The number of nitrogens with one attached hydrogen (secondary N) is 2. The second-order valence-electron chi connectivity index (χ2n) is 5.24. The van der Waals surface area contributed by atoms with Gasteiger partial charge >= 0.3 is 0 Å². The predicted molar refractivity (Wildman–Crippen MR) is 73.2 cm³/mol. The SMILES string of the molecule is CCC1(CNCc2ccc(S(=O)(=O)NC)o2)CCC1. The second kappa shape index (κ2) is 5.64. The largest absolute Gasteiger partial charge is 0.447 e. The van der Waals surface area contributed by atoms with Crippen molar-refractivity contribution in [2.45, 2.75) is 44.2 Å². The van der Waals surface area contributed by atoms with Crippen LogP contribution in [-0.4, -0.2) is 22.0 Å². The normalized spacial score (nSPS) is 18.2. The fraction of sp³-hybridized carbons (Fsp3) is 0.692. The molecule has 0 radical (unpaired) electrons. The Balaban J connectivity index is 1.87. The topological polar surface area (TPSA) is 71.3 Å². The summed E-state index contributed by atoms with van der Waals surface area (Å²) in [5.41, 5.74) is 0.451. The van der Waals surface area contributed by atoms with Crippen molar-refractivity contribution in [1.29, 1.82) is 0 Å². The predicted octanol–water partition coefficient (Wildman–Crippen LogP) is 1.86. The molecule has 1 fully saturated rings. The average molecular weight is 286 g/mol. The van der Waals surface area contributed by atoms with Gasteiger partial charge in [0.1, 0.15) is 5.76 Å². The van der Waals surface area contributed by atoms with E-state index in [-0.39, 0.29) is 5.09 Å². The number of hydrogen-bond donors (Lipinski definition) is 2. The Labute approximate surface area is 114 Å². The molecular formula is C13H22N2O3S. The van der Waals surface area contributed by atoms with Gasteiger partial charge in [-0.1, -0.05) is 13.3 Å². The molecule has 1 aliphatic rings. The zero-order chi connectivity index (χ0) is 13.9. The van der Waals surface area contributed by atoms with E-state index < -0.39 is 10.0 Å². The van der Waals surface area contributed by atoms with Gasteiger partial charge in [0.15, 0.2) is 0 Å². The molecule has 1 saturated carbocycles. The molecule has 6 heteroatoms. The minimum absolute atomic E-state index is 0.0272. The Hall–Kier alpha value is -0.850. The fourth-order valence-electron chi connectivity index (χ4n) is 2.48. The molecule has 2 rings (SSSR count). The third-order valence-corrected chi connectivity index (χ3v) is 5.42. The van der Waals surface area contributed by atoms with E-state index in [1.165, 1.54) is 38.8 Å².